The maximum Gasteiger partial charge on any atom is 0.354 e. The van der Waals surface area contributed by atoms with Crippen molar-refractivity contribution in [3.8, 4) is 0 Å². The number of hydrogen-bond acceptors (Lipinski definition) is 4. The number of pyridine rings is 1. The van der Waals surface area contributed by atoms with Crippen LogP contribution in [-0.2, 0) is 0 Å². The summed E-state index contributed by atoms with van der Waals surface area (Å²) in [5.74, 6) is 0.856. The van der Waals surface area contributed by atoms with Gasteiger partial charge >= 0.3 is 5.97 Å². The van der Waals surface area contributed by atoms with Crippen molar-refractivity contribution in [2.75, 3.05) is 23.9 Å². The maximum absolute atomic E-state index is 11.2. The highest BCUT2D eigenvalue weighted by molar-refractivity contribution is 7.98. The lowest BCUT2D eigenvalue weighted by molar-refractivity contribution is 0.0691. The van der Waals surface area contributed by atoms with Gasteiger partial charge in [-0.05, 0) is 36.3 Å². The molecule has 0 unspecified atom stereocenters. The standard InChI is InChI=1S/C16H20N2O2S/c1-21-10-6-2-5-9-17-15-13-8-4-3-7-12(13)11-14(18-15)16(19)20/h3-4,7-8,11H,2,5-6,9-10H2,1H3,(H,17,18)(H,19,20). The molecule has 21 heavy (non-hydrogen) atoms. The Morgan fingerprint density at radius 1 is 1.29 bits per heavy atom. The molecule has 0 fully saturated rings. The number of nitrogens with one attached hydrogen (secondary N) is 1. The first-order chi connectivity index (χ1) is 10.2. The van der Waals surface area contributed by atoms with Crippen LogP contribution < -0.4 is 5.32 Å². The molecule has 1 aromatic carbocycles. The molecule has 2 N–H and O–H groups in total. The zero-order chi connectivity index (χ0) is 15.1. The summed E-state index contributed by atoms with van der Waals surface area (Å²) in [6.07, 6.45) is 5.57. The van der Waals surface area contributed by atoms with Gasteiger partial charge in [-0.15, -0.1) is 0 Å². The fourth-order valence-electron chi connectivity index (χ4n) is 2.20. The van der Waals surface area contributed by atoms with Gasteiger partial charge in [0.1, 0.15) is 5.82 Å². The Morgan fingerprint density at radius 2 is 2.10 bits per heavy atom. The van der Waals surface area contributed by atoms with E-state index in [0.717, 1.165) is 23.7 Å². The lowest BCUT2D eigenvalue weighted by atomic mass is 10.1. The highest BCUT2D eigenvalue weighted by Crippen LogP contribution is 2.22. The van der Waals surface area contributed by atoms with Crippen LogP contribution in [0.2, 0.25) is 0 Å². The molecule has 0 amide bonds. The zero-order valence-electron chi connectivity index (χ0n) is 12.1. The van der Waals surface area contributed by atoms with E-state index in [1.54, 1.807) is 6.07 Å². The van der Waals surface area contributed by atoms with Gasteiger partial charge < -0.3 is 10.4 Å². The first-order valence-corrected chi connectivity index (χ1v) is 8.47. The minimum absolute atomic E-state index is 0.0820. The van der Waals surface area contributed by atoms with Crippen molar-refractivity contribution >= 4 is 34.3 Å². The second-order valence-electron chi connectivity index (χ2n) is 4.86. The largest absolute Gasteiger partial charge is 0.477 e. The third-order valence-electron chi connectivity index (χ3n) is 3.28. The van der Waals surface area contributed by atoms with E-state index in [1.807, 2.05) is 36.0 Å². The summed E-state index contributed by atoms with van der Waals surface area (Å²) >= 11 is 1.87. The summed E-state index contributed by atoms with van der Waals surface area (Å²) in [4.78, 5) is 15.4. The smallest absolute Gasteiger partial charge is 0.354 e. The summed E-state index contributed by atoms with van der Waals surface area (Å²) in [5, 5.41) is 14.3. The summed E-state index contributed by atoms with van der Waals surface area (Å²) in [7, 11) is 0. The number of carboxylic acid groups (broad SMARTS) is 1. The quantitative estimate of drug-likeness (QED) is 0.725. The van der Waals surface area contributed by atoms with Crippen molar-refractivity contribution in [3.63, 3.8) is 0 Å². The Kier molecular flexibility index (Phi) is 5.87. The summed E-state index contributed by atoms with van der Waals surface area (Å²) in [6.45, 7) is 0.814. The number of thioether (sulfide) groups is 1. The summed E-state index contributed by atoms with van der Waals surface area (Å²) in [6, 6.07) is 9.33. The van der Waals surface area contributed by atoms with Crippen LogP contribution in [0.3, 0.4) is 0 Å². The molecule has 1 heterocycles. The van der Waals surface area contributed by atoms with E-state index in [1.165, 1.54) is 18.6 Å². The molecule has 5 heteroatoms. The van der Waals surface area contributed by atoms with Crippen LogP contribution in [0.4, 0.5) is 5.82 Å². The molecule has 2 rings (SSSR count). The maximum atomic E-state index is 11.2. The van der Waals surface area contributed by atoms with Crippen molar-refractivity contribution < 1.29 is 9.90 Å². The normalized spacial score (nSPS) is 10.7. The first kappa shape index (κ1) is 15.6. The Labute approximate surface area is 129 Å². The van der Waals surface area contributed by atoms with E-state index in [9.17, 15) is 4.79 Å². The number of anilines is 1. The van der Waals surface area contributed by atoms with Crippen LogP contribution in [-0.4, -0.2) is 34.6 Å². The predicted octanol–water partition coefficient (Wildman–Crippen LogP) is 3.88. The molecule has 0 radical (unpaired) electrons. The summed E-state index contributed by atoms with van der Waals surface area (Å²) in [5.41, 5.74) is 0.0820. The Balaban J connectivity index is 2.08. The third-order valence-corrected chi connectivity index (χ3v) is 3.97. The number of nitrogens with zero attached hydrogens (tertiary/aromatic N) is 1. The number of unbranched alkanes of at least 4 members (excludes halogenated alkanes) is 2. The Bertz CT molecular complexity index is 616. The van der Waals surface area contributed by atoms with Gasteiger partial charge in [0.05, 0.1) is 0 Å². The van der Waals surface area contributed by atoms with Gasteiger partial charge in [0.15, 0.2) is 5.69 Å². The molecule has 4 nitrogen and oxygen atoms in total. The van der Waals surface area contributed by atoms with Gasteiger partial charge in [-0.25, -0.2) is 9.78 Å². The number of benzene rings is 1. The van der Waals surface area contributed by atoms with E-state index in [0.29, 0.717) is 5.82 Å². The number of aromatic nitrogens is 1. The topological polar surface area (TPSA) is 62.2 Å². The number of carboxylic acids is 1. The van der Waals surface area contributed by atoms with Crippen molar-refractivity contribution in [3.05, 3.63) is 36.0 Å². The molecule has 0 aliphatic heterocycles. The zero-order valence-corrected chi connectivity index (χ0v) is 12.9. The van der Waals surface area contributed by atoms with Crippen molar-refractivity contribution in [1.82, 2.24) is 4.98 Å². The van der Waals surface area contributed by atoms with Gasteiger partial charge in [-0.1, -0.05) is 30.7 Å². The minimum atomic E-state index is -0.997. The Hall–Kier alpha value is -1.75. The molecule has 0 saturated carbocycles. The van der Waals surface area contributed by atoms with E-state index in [2.05, 4.69) is 16.6 Å². The highest BCUT2D eigenvalue weighted by Gasteiger charge is 2.10. The first-order valence-electron chi connectivity index (χ1n) is 7.08. The van der Waals surface area contributed by atoms with Crippen molar-refractivity contribution in [1.29, 1.82) is 0 Å². The SMILES string of the molecule is CSCCCCCNc1nc(C(=O)O)cc2ccccc12. The number of carbonyl (C=O) groups is 1. The molecular formula is C16H20N2O2S. The fraction of sp³-hybridized carbons (Fsp3) is 0.375. The lowest BCUT2D eigenvalue weighted by Gasteiger charge is -2.10. The lowest BCUT2D eigenvalue weighted by Crippen LogP contribution is -2.08. The fourth-order valence-corrected chi connectivity index (χ4v) is 2.69. The van der Waals surface area contributed by atoms with E-state index < -0.39 is 5.97 Å². The van der Waals surface area contributed by atoms with Gasteiger partial charge in [-0.2, -0.15) is 11.8 Å². The third kappa shape index (κ3) is 4.36. The second-order valence-corrected chi connectivity index (χ2v) is 5.85. The molecule has 1 aromatic heterocycles. The number of aromatic carboxylic acids is 1. The van der Waals surface area contributed by atoms with Crippen LogP contribution in [0.5, 0.6) is 0 Å². The van der Waals surface area contributed by atoms with Crippen LogP contribution in [0.15, 0.2) is 30.3 Å². The van der Waals surface area contributed by atoms with Crippen LogP contribution in [0.25, 0.3) is 10.8 Å². The van der Waals surface area contributed by atoms with E-state index in [4.69, 9.17) is 5.11 Å². The van der Waals surface area contributed by atoms with Crippen LogP contribution in [0, 0.1) is 0 Å². The van der Waals surface area contributed by atoms with Crippen LogP contribution >= 0.6 is 11.8 Å². The van der Waals surface area contributed by atoms with Gasteiger partial charge in [0.25, 0.3) is 0 Å². The predicted molar refractivity (Wildman–Crippen MR) is 89.4 cm³/mol. The average molecular weight is 304 g/mol. The van der Waals surface area contributed by atoms with Crippen molar-refractivity contribution in [2.24, 2.45) is 0 Å². The minimum Gasteiger partial charge on any atom is -0.477 e. The van der Waals surface area contributed by atoms with Crippen molar-refractivity contribution in [2.45, 2.75) is 19.3 Å². The average Bonchev–Trinajstić information content (AvgIpc) is 2.50. The molecule has 112 valence electrons. The second kappa shape index (κ2) is 7.88. The monoisotopic (exact) mass is 304 g/mol. The number of hydrogen-bond donors (Lipinski definition) is 2. The Morgan fingerprint density at radius 3 is 2.86 bits per heavy atom. The van der Waals surface area contributed by atoms with E-state index >= 15 is 0 Å². The van der Waals surface area contributed by atoms with Gasteiger partial charge in [0, 0.05) is 11.9 Å². The molecule has 0 spiro atoms. The molecule has 0 bridgehead atoms. The van der Waals surface area contributed by atoms with E-state index in [-0.39, 0.29) is 5.69 Å². The van der Waals surface area contributed by atoms with Gasteiger partial charge in [-0.3, -0.25) is 0 Å². The summed E-state index contributed by atoms with van der Waals surface area (Å²) < 4.78 is 0. The molecule has 0 saturated heterocycles. The molecule has 2 aromatic rings. The molecule has 0 aliphatic rings. The molecule has 0 atom stereocenters. The number of rotatable bonds is 8. The number of fused-ring (bicyclic) bond motifs is 1. The highest BCUT2D eigenvalue weighted by atomic mass is 32.2. The molecule has 0 aliphatic carbocycles. The molecular weight excluding hydrogens is 284 g/mol. The van der Waals surface area contributed by atoms with Crippen LogP contribution in [0.1, 0.15) is 29.8 Å². The van der Waals surface area contributed by atoms with Gasteiger partial charge in [0.2, 0.25) is 0 Å².